The van der Waals surface area contributed by atoms with Crippen molar-refractivity contribution >= 4 is 16.9 Å². The molecule has 0 aromatic carbocycles. The van der Waals surface area contributed by atoms with Gasteiger partial charge < -0.3 is 14.8 Å². The van der Waals surface area contributed by atoms with Crippen LogP contribution in [0.5, 0.6) is 0 Å². The number of hydrogen-bond acceptors (Lipinski definition) is 4. The summed E-state index contributed by atoms with van der Waals surface area (Å²) in [6.45, 7) is 6.54. The Labute approximate surface area is 120 Å². The first-order valence-electron chi connectivity index (χ1n) is 7.51. The predicted molar refractivity (Wildman–Crippen MR) is 82.0 cm³/mol. The molecular weight excluding hydrogens is 250 g/mol. The average molecular weight is 273 g/mol. The number of imidazole rings is 1. The van der Waals surface area contributed by atoms with Gasteiger partial charge in [-0.25, -0.2) is 9.97 Å². The van der Waals surface area contributed by atoms with Crippen LogP contribution in [0.25, 0.3) is 11.0 Å². The zero-order valence-electron chi connectivity index (χ0n) is 12.3. The first-order chi connectivity index (χ1) is 9.79. The molecule has 0 spiro atoms. The van der Waals surface area contributed by atoms with E-state index in [1.807, 2.05) is 25.6 Å². The number of aryl methyl sites for hydroxylation is 1. The molecular formula is C15H23N5. The Hall–Kier alpha value is -1.62. The highest BCUT2D eigenvalue weighted by Crippen LogP contribution is 2.26. The zero-order chi connectivity index (χ0) is 13.9. The maximum atomic E-state index is 4.57. The van der Waals surface area contributed by atoms with Gasteiger partial charge in [-0.05, 0) is 37.9 Å². The molecule has 1 saturated heterocycles. The van der Waals surface area contributed by atoms with Crippen molar-refractivity contribution in [3.63, 3.8) is 0 Å². The highest BCUT2D eigenvalue weighted by atomic mass is 15.2. The molecule has 5 nitrogen and oxygen atoms in total. The number of anilines is 1. The predicted octanol–water partition coefficient (Wildman–Crippen LogP) is 1.79. The highest BCUT2D eigenvalue weighted by Gasteiger charge is 2.21. The number of fused-ring (bicyclic) bond motifs is 1. The van der Waals surface area contributed by atoms with E-state index >= 15 is 0 Å². The molecule has 0 saturated carbocycles. The Bertz CT molecular complexity index is 569. The lowest BCUT2D eigenvalue weighted by atomic mass is 9.97. The summed E-state index contributed by atoms with van der Waals surface area (Å²) < 4.78 is 2.05. The van der Waals surface area contributed by atoms with E-state index in [4.69, 9.17) is 0 Å². The van der Waals surface area contributed by atoms with Gasteiger partial charge in [-0.3, -0.25) is 0 Å². The third-order valence-corrected chi connectivity index (χ3v) is 4.22. The van der Waals surface area contributed by atoms with Crippen LogP contribution in [0.15, 0.2) is 18.6 Å². The molecule has 3 heterocycles. The second-order valence-electron chi connectivity index (χ2n) is 5.60. The lowest BCUT2D eigenvalue weighted by Crippen LogP contribution is -2.37. The summed E-state index contributed by atoms with van der Waals surface area (Å²) in [6.07, 6.45) is 6.23. The van der Waals surface area contributed by atoms with Gasteiger partial charge in [-0.1, -0.05) is 6.92 Å². The van der Waals surface area contributed by atoms with Crippen molar-refractivity contribution in [3.05, 3.63) is 18.6 Å². The normalized spacial score (nSPS) is 17.0. The molecule has 108 valence electrons. The van der Waals surface area contributed by atoms with Crippen molar-refractivity contribution < 1.29 is 0 Å². The SMILES string of the molecule is CCNCC1CCN(c2nccc3c2ncn3C)CC1. The number of hydrogen-bond donors (Lipinski definition) is 1. The molecule has 0 radical (unpaired) electrons. The number of nitrogens with zero attached hydrogens (tertiary/aromatic N) is 4. The summed E-state index contributed by atoms with van der Waals surface area (Å²) in [7, 11) is 2.03. The number of rotatable bonds is 4. The second-order valence-corrected chi connectivity index (χ2v) is 5.60. The molecule has 5 heteroatoms. The summed E-state index contributed by atoms with van der Waals surface area (Å²) in [5.74, 6) is 1.85. The van der Waals surface area contributed by atoms with Gasteiger partial charge in [0.05, 0.1) is 11.8 Å². The molecule has 1 N–H and O–H groups in total. The molecule has 0 unspecified atom stereocenters. The maximum absolute atomic E-state index is 4.57. The largest absolute Gasteiger partial charge is 0.355 e. The van der Waals surface area contributed by atoms with Crippen LogP contribution < -0.4 is 10.2 Å². The van der Waals surface area contributed by atoms with Gasteiger partial charge in [-0.2, -0.15) is 0 Å². The number of aromatic nitrogens is 3. The van der Waals surface area contributed by atoms with Gasteiger partial charge in [0, 0.05) is 26.3 Å². The average Bonchev–Trinajstić information content (AvgIpc) is 2.87. The first-order valence-corrected chi connectivity index (χ1v) is 7.51. The van der Waals surface area contributed by atoms with Gasteiger partial charge in [0.1, 0.15) is 5.52 Å². The van der Waals surface area contributed by atoms with Gasteiger partial charge in [0.2, 0.25) is 0 Å². The van der Waals surface area contributed by atoms with Crippen LogP contribution in [0, 0.1) is 5.92 Å². The zero-order valence-corrected chi connectivity index (χ0v) is 12.3. The van der Waals surface area contributed by atoms with Crippen molar-refractivity contribution in [2.24, 2.45) is 13.0 Å². The highest BCUT2D eigenvalue weighted by molar-refractivity contribution is 5.86. The second kappa shape index (κ2) is 5.79. The van der Waals surface area contributed by atoms with Crippen LogP contribution in [0.4, 0.5) is 5.82 Å². The van der Waals surface area contributed by atoms with Crippen molar-refractivity contribution in [1.29, 1.82) is 0 Å². The summed E-state index contributed by atoms with van der Waals surface area (Å²) in [6, 6.07) is 2.03. The summed E-state index contributed by atoms with van der Waals surface area (Å²) in [5, 5.41) is 3.46. The van der Waals surface area contributed by atoms with Crippen molar-refractivity contribution in [1.82, 2.24) is 19.9 Å². The smallest absolute Gasteiger partial charge is 0.156 e. The standard InChI is InChI=1S/C15H23N5/c1-3-16-10-12-5-8-20(9-6-12)15-14-13(4-7-17-15)19(2)11-18-14/h4,7,11-12,16H,3,5-6,8-10H2,1-2H3. The molecule has 0 amide bonds. The van der Waals surface area contributed by atoms with E-state index in [1.54, 1.807) is 0 Å². The molecule has 0 aliphatic carbocycles. The van der Waals surface area contributed by atoms with Crippen molar-refractivity contribution in [3.8, 4) is 0 Å². The molecule has 1 aliphatic rings. The fourth-order valence-electron chi connectivity index (χ4n) is 2.98. The van der Waals surface area contributed by atoms with Gasteiger partial charge in [0.25, 0.3) is 0 Å². The summed E-state index contributed by atoms with van der Waals surface area (Å²) in [4.78, 5) is 11.5. The van der Waals surface area contributed by atoms with Crippen LogP contribution in [0.1, 0.15) is 19.8 Å². The maximum Gasteiger partial charge on any atom is 0.156 e. The fourth-order valence-corrected chi connectivity index (χ4v) is 2.98. The van der Waals surface area contributed by atoms with Gasteiger partial charge in [-0.15, -0.1) is 0 Å². The van der Waals surface area contributed by atoms with E-state index in [2.05, 4.69) is 31.7 Å². The molecule has 20 heavy (non-hydrogen) atoms. The minimum atomic E-state index is 0.800. The van der Waals surface area contributed by atoms with E-state index < -0.39 is 0 Å². The Morgan fingerprint density at radius 1 is 1.30 bits per heavy atom. The van der Waals surface area contributed by atoms with Crippen LogP contribution in [0.3, 0.4) is 0 Å². The Morgan fingerprint density at radius 3 is 2.85 bits per heavy atom. The number of nitrogens with one attached hydrogen (secondary N) is 1. The van der Waals surface area contributed by atoms with Crippen molar-refractivity contribution in [2.45, 2.75) is 19.8 Å². The quantitative estimate of drug-likeness (QED) is 0.922. The lowest BCUT2D eigenvalue weighted by Gasteiger charge is -2.33. The van der Waals surface area contributed by atoms with E-state index in [0.29, 0.717) is 0 Å². The van der Waals surface area contributed by atoms with Gasteiger partial charge in [0.15, 0.2) is 5.82 Å². The summed E-state index contributed by atoms with van der Waals surface area (Å²) >= 11 is 0. The monoisotopic (exact) mass is 273 g/mol. The van der Waals surface area contributed by atoms with Gasteiger partial charge >= 0.3 is 0 Å². The molecule has 0 bridgehead atoms. The molecule has 3 rings (SSSR count). The van der Waals surface area contributed by atoms with Crippen LogP contribution in [0.2, 0.25) is 0 Å². The molecule has 0 atom stereocenters. The van der Waals surface area contributed by atoms with E-state index in [0.717, 1.165) is 48.9 Å². The summed E-state index contributed by atoms with van der Waals surface area (Å²) in [5.41, 5.74) is 2.19. The third-order valence-electron chi connectivity index (χ3n) is 4.22. The Balaban J connectivity index is 1.73. The fraction of sp³-hybridized carbons (Fsp3) is 0.600. The first kappa shape index (κ1) is 13.4. The van der Waals surface area contributed by atoms with Crippen molar-refractivity contribution in [2.75, 3.05) is 31.1 Å². The topological polar surface area (TPSA) is 46.0 Å². The Morgan fingerprint density at radius 2 is 2.10 bits per heavy atom. The third kappa shape index (κ3) is 2.50. The number of pyridine rings is 1. The molecule has 2 aromatic rings. The van der Waals surface area contributed by atoms with E-state index in [1.165, 1.54) is 12.8 Å². The van der Waals surface area contributed by atoms with Crippen LogP contribution in [-0.4, -0.2) is 40.7 Å². The molecule has 1 fully saturated rings. The lowest BCUT2D eigenvalue weighted by molar-refractivity contribution is 0.386. The Kier molecular flexibility index (Phi) is 3.87. The van der Waals surface area contributed by atoms with E-state index in [9.17, 15) is 0 Å². The van der Waals surface area contributed by atoms with Crippen LogP contribution >= 0.6 is 0 Å². The minimum Gasteiger partial charge on any atom is -0.355 e. The van der Waals surface area contributed by atoms with Crippen LogP contribution in [-0.2, 0) is 7.05 Å². The number of piperidine rings is 1. The molecule has 2 aromatic heterocycles. The minimum absolute atomic E-state index is 0.800. The molecule has 1 aliphatic heterocycles. The van der Waals surface area contributed by atoms with E-state index in [-0.39, 0.29) is 0 Å².